The number of hydrogen-bond donors (Lipinski definition) is 0. The van der Waals surface area contributed by atoms with Crippen LogP contribution in [0.25, 0.3) is 0 Å². The van der Waals surface area contributed by atoms with Crippen LogP contribution in [0.3, 0.4) is 0 Å². The summed E-state index contributed by atoms with van der Waals surface area (Å²) >= 11 is 3.77. The van der Waals surface area contributed by atoms with Crippen LogP contribution in [0.4, 0.5) is 4.39 Å². The summed E-state index contributed by atoms with van der Waals surface area (Å²) < 4.78 is 13.3. The molecule has 0 heterocycles. The molecule has 0 saturated heterocycles. The Morgan fingerprint density at radius 2 is 1.75 bits per heavy atom. The Labute approximate surface area is 129 Å². The summed E-state index contributed by atoms with van der Waals surface area (Å²) in [5, 5.41) is 0. The lowest BCUT2D eigenvalue weighted by atomic mass is 9.82. The van der Waals surface area contributed by atoms with E-state index in [0.717, 1.165) is 12.0 Å². The highest BCUT2D eigenvalue weighted by atomic mass is 79.9. The molecule has 0 radical (unpaired) electrons. The molecule has 2 aromatic rings. The summed E-state index contributed by atoms with van der Waals surface area (Å²) in [7, 11) is 0. The maximum atomic E-state index is 13.3. The Morgan fingerprint density at radius 3 is 2.40 bits per heavy atom. The minimum Gasteiger partial charge on any atom is -0.207 e. The average Bonchev–Trinajstić information content (AvgIpc) is 2.37. The Balaban J connectivity index is 2.28. The fourth-order valence-corrected chi connectivity index (χ4v) is 3.21. The van der Waals surface area contributed by atoms with Crippen LogP contribution >= 0.6 is 15.9 Å². The molecule has 0 amide bonds. The quantitative estimate of drug-likeness (QED) is 0.622. The number of benzene rings is 2. The highest BCUT2D eigenvalue weighted by molar-refractivity contribution is 9.09. The van der Waals surface area contributed by atoms with Gasteiger partial charge in [0.15, 0.2) is 0 Å². The van der Waals surface area contributed by atoms with Crippen molar-refractivity contribution >= 4 is 15.9 Å². The van der Waals surface area contributed by atoms with E-state index in [1.165, 1.54) is 17.2 Å². The molecule has 0 aliphatic heterocycles. The van der Waals surface area contributed by atoms with Gasteiger partial charge in [-0.1, -0.05) is 73.1 Å². The molecule has 0 fully saturated rings. The molecule has 0 nitrogen and oxygen atoms in total. The predicted octanol–water partition coefficient (Wildman–Crippen LogP) is 5.80. The molecule has 2 rings (SSSR count). The molecule has 0 spiro atoms. The van der Waals surface area contributed by atoms with Crippen molar-refractivity contribution in [1.82, 2.24) is 0 Å². The lowest BCUT2D eigenvalue weighted by Crippen LogP contribution is -2.15. The van der Waals surface area contributed by atoms with Gasteiger partial charge in [-0.15, -0.1) is 0 Å². The summed E-state index contributed by atoms with van der Waals surface area (Å²) in [5.74, 6) is -0.175. The molecule has 0 aliphatic carbocycles. The van der Waals surface area contributed by atoms with Gasteiger partial charge in [0.2, 0.25) is 0 Å². The Kier molecular flexibility index (Phi) is 4.64. The van der Waals surface area contributed by atoms with Crippen molar-refractivity contribution < 1.29 is 4.39 Å². The van der Waals surface area contributed by atoms with Crippen LogP contribution in [0.2, 0.25) is 0 Å². The maximum absolute atomic E-state index is 13.3. The van der Waals surface area contributed by atoms with Gasteiger partial charge in [0.1, 0.15) is 5.82 Å². The molecule has 1 unspecified atom stereocenters. The molecule has 0 saturated carbocycles. The third-order valence-corrected chi connectivity index (χ3v) is 4.23. The molecule has 2 heteroatoms. The number of hydrogen-bond acceptors (Lipinski definition) is 0. The van der Waals surface area contributed by atoms with Gasteiger partial charge in [-0.25, -0.2) is 4.39 Å². The minimum absolute atomic E-state index is 0.102. The van der Waals surface area contributed by atoms with Gasteiger partial charge in [0.05, 0.1) is 0 Å². The van der Waals surface area contributed by atoms with E-state index in [4.69, 9.17) is 0 Å². The van der Waals surface area contributed by atoms with E-state index in [1.807, 2.05) is 6.07 Å². The zero-order chi connectivity index (χ0) is 14.8. The van der Waals surface area contributed by atoms with E-state index in [1.54, 1.807) is 12.1 Å². The van der Waals surface area contributed by atoms with Crippen molar-refractivity contribution in [3.8, 4) is 0 Å². The summed E-state index contributed by atoms with van der Waals surface area (Å²) in [6.45, 7) is 6.65. The molecule has 20 heavy (non-hydrogen) atoms. The minimum atomic E-state index is -0.175. The Hall–Kier alpha value is -1.15. The smallest absolute Gasteiger partial charge is 0.123 e. The highest BCUT2D eigenvalue weighted by Crippen LogP contribution is 2.35. The summed E-state index contributed by atoms with van der Waals surface area (Å²) in [6.07, 6.45) is 0.783. The topological polar surface area (TPSA) is 0 Å². The first-order chi connectivity index (χ1) is 9.38. The lowest BCUT2D eigenvalue weighted by Gasteiger charge is -2.25. The van der Waals surface area contributed by atoms with E-state index < -0.39 is 0 Å². The van der Waals surface area contributed by atoms with Crippen LogP contribution in [0.5, 0.6) is 0 Å². The van der Waals surface area contributed by atoms with Gasteiger partial charge in [0.25, 0.3) is 0 Å². The van der Waals surface area contributed by atoms with E-state index in [0.29, 0.717) is 0 Å². The maximum Gasteiger partial charge on any atom is 0.123 e. The van der Waals surface area contributed by atoms with Crippen LogP contribution in [0, 0.1) is 5.82 Å². The number of halogens is 2. The zero-order valence-electron chi connectivity index (χ0n) is 12.2. The third kappa shape index (κ3) is 3.69. The third-order valence-electron chi connectivity index (χ3n) is 3.41. The van der Waals surface area contributed by atoms with Crippen LogP contribution in [-0.4, -0.2) is 0 Å². The lowest BCUT2D eigenvalue weighted by molar-refractivity contribution is 0.581. The van der Waals surface area contributed by atoms with Gasteiger partial charge >= 0.3 is 0 Å². The van der Waals surface area contributed by atoms with Crippen molar-refractivity contribution in [3.63, 3.8) is 0 Å². The second kappa shape index (κ2) is 6.09. The number of alkyl halides is 1. The van der Waals surface area contributed by atoms with Gasteiger partial charge < -0.3 is 0 Å². The highest BCUT2D eigenvalue weighted by Gasteiger charge is 2.21. The van der Waals surface area contributed by atoms with E-state index >= 15 is 0 Å². The standard InChI is InChI=1S/C18H20BrF/c1-18(2,3)16-10-5-4-9-15(16)17(19)12-13-7-6-8-14(20)11-13/h4-11,17H,12H2,1-3H3. The van der Waals surface area contributed by atoms with E-state index in [2.05, 4.69) is 61.0 Å². The van der Waals surface area contributed by atoms with Crippen molar-refractivity contribution in [1.29, 1.82) is 0 Å². The fourth-order valence-electron chi connectivity index (χ4n) is 2.43. The molecular weight excluding hydrogens is 315 g/mol. The molecule has 0 N–H and O–H groups in total. The number of rotatable bonds is 3. The second-order valence-electron chi connectivity index (χ2n) is 6.14. The van der Waals surface area contributed by atoms with Gasteiger partial charge in [0, 0.05) is 4.83 Å². The summed E-state index contributed by atoms with van der Waals surface area (Å²) in [6, 6.07) is 15.3. The Morgan fingerprint density at radius 1 is 1.05 bits per heavy atom. The first-order valence-corrected chi connectivity index (χ1v) is 7.77. The SMILES string of the molecule is CC(C)(C)c1ccccc1C(Br)Cc1cccc(F)c1. The zero-order valence-corrected chi connectivity index (χ0v) is 13.7. The molecule has 0 bridgehead atoms. The molecule has 106 valence electrons. The molecule has 0 aliphatic rings. The van der Waals surface area contributed by atoms with E-state index in [-0.39, 0.29) is 16.1 Å². The Bertz CT molecular complexity index is 584. The van der Waals surface area contributed by atoms with Crippen molar-refractivity contribution in [2.24, 2.45) is 0 Å². The van der Waals surface area contributed by atoms with Crippen molar-refractivity contribution in [2.75, 3.05) is 0 Å². The van der Waals surface area contributed by atoms with Crippen LogP contribution in [0.15, 0.2) is 48.5 Å². The first-order valence-electron chi connectivity index (χ1n) is 6.86. The molecule has 0 aromatic heterocycles. The molecular formula is C18H20BrF. The fraction of sp³-hybridized carbons (Fsp3) is 0.333. The average molecular weight is 335 g/mol. The summed E-state index contributed by atoms with van der Waals surface area (Å²) in [5.41, 5.74) is 3.73. The monoisotopic (exact) mass is 334 g/mol. The van der Waals surface area contributed by atoms with Crippen LogP contribution in [-0.2, 0) is 11.8 Å². The van der Waals surface area contributed by atoms with Crippen LogP contribution < -0.4 is 0 Å². The largest absolute Gasteiger partial charge is 0.207 e. The van der Waals surface area contributed by atoms with Gasteiger partial charge in [-0.3, -0.25) is 0 Å². The molecule has 2 aromatic carbocycles. The van der Waals surface area contributed by atoms with Gasteiger partial charge in [-0.05, 0) is 40.7 Å². The van der Waals surface area contributed by atoms with Gasteiger partial charge in [-0.2, -0.15) is 0 Å². The van der Waals surface area contributed by atoms with Crippen molar-refractivity contribution in [2.45, 2.75) is 37.4 Å². The first kappa shape index (κ1) is 15.2. The summed E-state index contributed by atoms with van der Waals surface area (Å²) in [4.78, 5) is 0.194. The van der Waals surface area contributed by atoms with Crippen molar-refractivity contribution in [3.05, 3.63) is 71.0 Å². The normalized spacial score (nSPS) is 13.2. The predicted molar refractivity (Wildman–Crippen MR) is 86.9 cm³/mol. The molecule has 1 atom stereocenters. The van der Waals surface area contributed by atoms with Crippen LogP contribution in [0.1, 0.15) is 42.3 Å². The second-order valence-corrected chi connectivity index (χ2v) is 7.24. The van der Waals surface area contributed by atoms with E-state index in [9.17, 15) is 4.39 Å².